The Morgan fingerprint density at radius 3 is 1.53 bits per heavy atom. The molecule has 0 aliphatic heterocycles. The molecule has 0 radical (unpaired) electrons. The van der Waals surface area contributed by atoms with Crippen molar-refractivity contribution in [3.05, 3.63) is 292 Å². The number of allylic oxidation sites excluding steroid dienone is 4. The summed E-state index contributed by atoms with van der Waals surface area (Å²) in [6, 6.07) is 75.1. The van der Waals surface area contributed by atoms with Crippen LogP contribution in [-0.2, 0) is 10.8 Å². The summed E-state index contributed by atoms with van der Waals surface area (Å²) in [5.41, 5.74) is 28.0. The molecule has 5 heteroatoms. The summed E-state index contributed by atoms with van der Waals surface area (Å²) in [4.78, 5) is 0. The summed E-state index contributed by atoms with van der Waals surface area (Å²) in [6.45, 7) is 9.54. The van der Waals surface area contributed by atoms with E-state index >= 15 is 0 Å². The van der Waals surface area contributed by atoms with Gasteiger partial charge < -0.3 is 0 Å². The Hall–Kier alpha value is -8.12. The zero-order valence-corrected chi connectivity index (χ0v) is 57.4. The number of nitrogens with zero attached hydrogens (tertiary/aromatic N) is 2. The van der Waals surface area contributed by atoms with Gasteiger partial charge in [0.25, 0.3) is 0 Å². The van der Waals surface area contributed by atoms with Gasteiger partial charge in [0.2, 0.25) is 0 Å². The van der Waals surface area contributed by atoms with Gasteiger partial charge in [-0.05, 0) is 291 Å². The monoisotopic (exact) mass is 1290 g/mol. The van der Waals surface area contributed by atoms with Gasteiger partial charge in [0.1, 0.15) is 11.6 Å². The Labute approximate surface area is 577 Å². The van der Waals surface area contributed by atoms with Gasteiger partial charge in [-0.3, -0.25) is 0 Å². The first kappa shape index (κ1) is 61.2. The molecule has 2 nitrogen and oxygen atoms in total. The second-order valence-corrected chi connectivity index (χ2v) is 32.5. The molecule has 9 unspecified atom stereocenters. The lowest BCUT2D eigenvalue weighted by Gasteiger charge is -2.44. The maximum absolute atomic E-state index is 14.1. The van der Waals surface area contributed by atoms with E-state index in [0.29, 0.717) is 65.1 Å². The van der Waals surface area contributed by atoms with Crippen LogP contribution in [-0.4, -0.2) is 8.75 Å². The fourth-order valence-corrected chi connectivity index (χ4v) is 22.4. The van der Waals surface area contributed by atoms with Crippen LogP contribution in [0, 0.1) is 59.0 Å². The van der Waals surface area contributed by atoms with E-state index in [1.54, 1.807) is 24.3 Å². The molecule has 8 aliphatic rings. The van der Waals surface area contributed by atoms with Crippen molar-refractivity contribution in [3.8, 4) is 55.6 Å². The van der Waals surface area contributed by atoms with Crippen LogP contribution in [0.5, 0.6) is 0 Å². The zero-order chi connectivity index (χ0) is 65.3. The average molecular weight is 1290 g/mol. The van der Waals surface area contributed by atoms with E-state index in [1.807, 2.05) is 24.3 Å². The molecule has 0 amide bonds. The first-order chi connectivity index (χ1) is 47.4. The predicted molar refractivity (Wildman–Crippen MR) is 396 cm³/mol. The van der Waals surface area contributed by atoms with Crippen molar-refractivity contribution in [1.29, 1.82) is 0 Å². The highest BCUT2D eigenvalue weighted by molar-refractivity contribution is 6.99. The normalized spacial score (nSPS) is 27.3. The Kier molecular flexibility index (Phi) is 15.4. The van der Waals surface area contributed by atoms with Gasteiger partial charge in [-0.1, -0.05) is 216 Å². The molecule has 8 aliphatic carbocycles. The smallest absolute Gasteiger partial charge is 0.123 e. The molecule has 0 N–H and O–H groups in total. The van der Waals surface area contributed by atoms with Gasteiger partial charge in [0.15, 0.2) is 0 Å². The van der Waals surface area contributed by atoms with Gasteiger partial charge >= 0.3 is 0 Å². The van der Waals surface area contributed by atoms with Crippen molar-refractivity contribution in [3.63, 3.8) is 0 Å². The number of aromatic nitrogens is 2. The van der Waals surface area contributed by atoms with E-state index < -0.39 is 0 Å². The SMILES string of the molecule is CC1(C)c2ccccc2-c2ccc(-c3ccc(C4=CC5C(C=C4)C(C4CCC(C6CCC(C(c7ccc(-c8ccc(F)cc8)cc7)C7CCC(c8ccc(F)cc8)CC7)c7nsnc76)CC4)C4CCC(c6ccc(-c7ccc8c(c7)C(C)(C)c7ccccc7-8)cc6)CC54)cc3)cc21. The summed E-state index contributed by atoms with van der Waals surface area (Å²) in [6.07, 6.45) is 23.8. The van der Waals surface area contributed by atoms with Crippen LogP contribution >= 0.6 is 11.7 Å². The predicted octanol–water partition coefficient (Wildman–Crippen LogP) is 24.7. The van der Waals surface area contributed by atoms with E-state index in [0.717, 1.165) is 55.1 Å². The second-order valence-electron chi connectivity index (χ2n) is 31.9. The molecule has 486 valence electrons. The zero-order valence-electron chi connectivity index (χ0n) is 56.6. The summed E-state index contributed by atoms with van der Waals surface area (Å²) < 4.78 is 38.8. The molecule has 9 atom stereocenters. The van der Waals surface area contributed by atoms with E-state index in [9.17, 15) is 8.78 Å². The third kappa shape index (κ3) is 10.6. The van der Waals surface area contributed by atoms with Crippen molar-refractivity contribution in [2.75, 3.05) is 0 Å². The molecule has 4 saturated carbocycles. The van der Waals surface area contributed by atoms with Crippen molar-refractivity contribution >= 4 is 17.3 Å². The number of rotatable bonds is 11. The standard InChI is InChI=1S/C92H88F2N2S/c1-91(2)83-11-7-5-9-74(83)76-45-37-69(53-85(76)91)61-17-13-59(14-18-61)67-39-47-78-81(51-67)82-52-68(60-15-19-62(20-16-60)70-38-46-77-75-10-6-8-12-84(75)92(3,4)86(77)54-70)40-48-79(82)88(78)66-31-25-63(26-32-66)73-49-50-80(90-89(73)95-97-96-90)87(64-27-21-55(22-28-64)57-33-41-71(93)42-34-57)65-29-23-56(24-30-65)58-35-43-72(94)44-36-58/h5-22,27-28,33-39,41-47,51,53-54,56,63,65-66,68,73,78-82,87-88H,23-26,29-32,40,48-50,52H2,1-4H3. The molecule has 97 heavy (non-hydrogen) atoms. The maximum atomic E-state index is 14.1. The van der Waals surface area contributed by atoms with Crippen LogP contribution in [0.25, 0.3) is 61.2 Å². The highest BCUT2D eigenvalue weighted by atomic mass is 32.1. The van der Waals surface area contributed by atoms with Gasteiger partial charge in [0, 0.05) is 22.7 Å². The molecule has 0 spiro atoms. The Bertz CT molecular complexity index is 4650. The molecule has 1 heterocycles. The van der Waals surface area contributed by atoms with Gasteiger partial charge in [-0.25, -0.2) is 8.78 Å². The van der Waals surface area contributed by atoms with E-state index in [1.165, 1.54) is 169 Å². The summed E-state index contributed by atoms with van der Waals surface area (Å²) in [7, 11) is 0. The van der Waals surface area contributed by atoms with Crippen molar-refractivity contribution in [2.24, 2.45) is 47.3 Å². The molecule has 1 aromatic heterocycles. The van der Waals surface area contributed by atoms with Crippen molar-refractivity contribution in [2.45, 2.75) is 152 Å². The fourth-order valence-electron chi connectivity index (χ4n) is 21.7. The molecule has 9 aromatic carbocycles. The minimum absolute atomic E-state index is 0.0219. The number of hydrogen-bond acceptors (Lipinski definition) is 3. The van der Waals surface area contributed by atoms with E-state index in [-0.39, 0.29) is 22.5 Å². The van der Waals surface area contributed by atoms with E-state index in [2.05, 4.69) is 204 Å². The first-order valence-corrected chi connectivity index (χ1v) is 37.6. The quantitative estimate of drug-likeness (QED) is 0.129. The Balaban J connectivity index is 0.603. The second kappa shape index (κ2) is 24.4. The third-order valence-corrected chi connectivity index (χ3v) is 27.2. The lowest BCUT2D eigenvalue weighted by Crippen LogP contribution is -2.33. The molecule has 4 fully saturated rings. The topological polar surface area (TPSA) is 25.8 Å². The van der Waals surface area contributed by atoms with Crippen LogP contribution in [0.2, 0.25) is 0 Å². The van der Waals surface area contributed by atoms with Crippen LogP contribution in [0.15, 0.2) is 224 Å². The highest BCUT2D eigenvalue weighted by Gasteiger charge is 2.54. The maximum Gasteiger partial charge on any atom is 0.123 e. The number of hydrogen-bond donors (Lipinski definition) is 0. The Morgan fingerprint density at radius 2 is 0.897 bits per heavy atom. The first-order valence-electron chi connectivity index (χ1n) is 36.9. The van der Waals surface area contributed by atoms with Crippen molar-refractivity contribution < 1.29 is 8.78 Å². The lowest BCUT2D eigenvalue weighted by atomic mass is 9.61. The fraction of sp³-hybridized carbons (Fsp3) is 0.348. The molecule has 0 bridgehead atoms. The Morgan fingerprint density at radius 1 is 0.412 bits per heavy atom. The molecular weight excluding hydrogens is 1200 g/mol. The van der Waals surface area contributed by atoms with Crippen molar-refractivity contribution in [1.82, 2.24) is 8.75 Å². The minimum Gasteiger partial charge on any atom is -0.207 e. The van der Waals surface area contributed by atoms with E-state index in [4.69, 9.17) is 8.75 Å². The number of fused-ring (bicyclic) bond motifs is 10. The lowest BCUT2D eigenvalue weighted by molar-refractivity contribution is 0.106. The molecule has 18 rings (SSSR count). The number of benzene rings is 9. The molecular formula is C92H88F2N2S. The average Bonchev–Trinajstić information content (AvgIpc) is 1.59. The van der Waals surface area contributed by atoms with Crippen LogP contribution in [0.4, 0.5) is 8.78 Å². The van der Waals surface area contributed by atoms with Crippen LogP contribution < -0.4 is 0 Å². The largest absolute Gasteiger partial charge is 0.207 e. The third-order valence-electron chi connectivity index (χ3n) is 26.6. The minimum atomic E-state index is -0.211. The van der Waals surface area contributed by atoms with Crippen LogP contribution in [0.1, 0.15) is 197 Å². The molecule has 0 saturated heterocycles. The van der Waals surface area contributed by atoms with Gasteiger partial charge in [-0.2, -0.15) is 8.75 Å². The highest BCUT2D eigenvalue weighted by Crippen LogP contribution is 2.63. The summed E-state index contributed by atoms with van der Waals surface area (Å²) in [5.74, 6) is 6.74. The summed E-state index contributed by atoms with van der Waals surface area (Å²) in [5, 5.41) is 0. The van der Waals surface area contributed by atoms with Crippen LogP contribution in [0.3, 0.4) is 0 Å². The van der Waals surface area contributed by atoms with Gasteiger partial charge in [0.05, 0.1) is 23.1 Å². The summed E-state index contributed by atoms with van der Waals surface area (Å²) >= 11 is 1.46. The van der Waals surface area contributed by atoms with Gasteiger partial charge in [-0.15, -0.1) is 0 Å². The number of halogens is 2. The molecule has 10 aromatic rings.